The number of ether oxygens (including phenoxy) is 1. The van der Waals surface area contributed by atoms with E-state index in [-0.39, 0.29) is 21.7 Å². The molecule has 0 spiro atoms. The maximum absolute atomic E-state index is 9.90. The zero-order valence-electron chi connectivity index (χ0n) is 39.9. The predicted octanol–water partition coefficient (Wildman–Crippen LogP) is 15.6. The Bertz CT molecular complexity index is 3290. The number of nitrogens with zero attached hydrogens (tertiary/aromatic N) is 5. The number of hydrogen-bond acceptors (Lipinski definition) is 3. The fraction of sp³-hybridized carbons (Fsp3) is 0.271. The molecule has 6 heteroatoms. The molecular weight excluding hydrogens is 795 g/mol. The first-order chi connectivity index (χ1) is 30.7. The summed E-state index contributed by atoms with van der Waals surface area (Å²) in [4.78, 5) is 4.86. The Morgan fingerprint density at radius 2 is 1.15 bits per heavy atom. The van der Waals surface area contributed by atoms with Crippen LogP contribution in [0.15, 0.2) is 140 Å². The summed E-state index contributed by atoms with van der Waals surface area (Å²) in [5.74, 6) is 2.18. The van der Waals surface area contributed by atoms with Crippen molar-refractivity contribution in [3.63, 3.8) is 0 Å². The number of rotatable bonds is 6. The largest absolute Gasteiger partial charge is 0.503 e. The summed E-state index contributed by atoms with van der Waals surface area (Å²) >= 11 is 0. The summed E-state index contributed by atoms with van der Waals surface area (Å²) in [5, 5.41) is 12.0. The molecule has 324 valence electrons. The standard InChI is InChI=1S/C59H59N5O/c1-56(2,3)40-17-13-16-39(29-40)48-20-15-21-51-55(48)63(45-31-42(58(7,8)9)30-43(32-45)59(10,11)12)37-62(51)44-18-14-19-46(34-44)65-47-23-25-50-49-24-22-38(36-60)28-52(49)64(53(50)35-47)54-33-41(26-27-61-54)57(4,5)6/h13-35H,1-12H3/q+2. The van der Waals surface area contributed by atoms with Crippen LogP contribution in [0.25, 0.3) is 38.8 Å². The van der Waals surface area contributed by atoms with Crippen molar-refractivity contribution in [3.05, 3.63) is 167 Å². The summed E-state index contributed by atoms with van der Waals surface area (Å²) < 4.78 is 13.4. The topological polar surface area (TPSA) is 56.9 Å². The van der Waals surface area contributed by atoms with E-state index < -0.39 is 0 Å². The molecule has 1 aliphatic heterocycles. The van der Waals surface area contributed by atoms with E-state index in [0.29, 0.717) is 17.1 Å². The highest BCUT2D eigenvalue weighted by molar-refractivity contribution is 6.10. The molecular formula is C59H59N5O+2. The van der Waals surface area contributed by atoms with Crippen LogP contribution < -0.4 is 13.9 Å². The second-order valence-corrected chi connectivity index (χ2v) is 21.7. The van der Waals surface area contributed by atoms with Crippen LogP contribution in [0.4, 0.5) is 22.7 Å². The van der Waals surface area contributed by atoms with Crippen LogP contribution >= 0.6 is 0 Å². The summed E-state index contributed by atoms with van der Waals surface area (Å²) in [6.45, 7) is 27.1. The number of hydrogen-bond donors (Lipinski definition) is 0. The van der Waals surface area contributed by atoms with Crippen molar-refractivity contribution in [2.75, 3.05) is 0 Å². The number of aromatic nitrogens is 2. The molecule has 1 aliphatic rings. The van der Waals surface area contributed by atoms with Crippen LogP contribution in [-0.2, 0) is 21.7 Å². The van der Waals surface area contributed by atoms with E-state index in [9.17, 15) is 5.26 Å². The summed E-state index contributed by atoms with van der Waals surface area (Å²) in [6.07, 6.45) is 1.87. The van der Waals surface area contributed by atoms with E-state index in [4.69, 9.17) is 9.72 Å². The third-order valence-electron chi connectivity index (χ3n) is 12.6. The lowest BCUT2D eigenvalue weighted by molar-refractivity contribution is 0.483. The van der Waals surface area contributed by atoms with E-state index in [0.717, 1.165) is 55.9 Å². The van der Waals surface area contributed by atoms with Crippen molar-refractivity contribution in [2.45, 2.75) is 105 Å². The quantitative estimate of drug-likeness (QED) is 0.157. The van der Waals surface area contributed by atoms with Gasteiger partial charge in [-0.15, -0.1) is 0 Å². The molecule has 0 saturated heterocycles. The van der Waals surface area contributed by atoms with Crippen LogP contribution in [0.1, 0.15) is 111 Å². The molecule has 0 bridgehead atoms. The molecule has 0 saturated carbocycles. The Labute approximate surface area is 384 Å². The smallest absolute Gasteiger partial charge is 0.457 e. The zero-order valence-corrected chi connectivity index (χ0v) is 39.9. The second kappa shape index (κ2) is 15.6. The fourth-order valence-electron chi connectivity index (χ4n) is 8.73. The van der Waals surface area contributed by atoms with Gasteiger partial charge in [0.15, 0.2) is 0 Å². The zero-order chi connectivity index (χ0) is 46.2. The minimum Gasteiger partial charge on any atom is -0.457 e. The highest BCUT2D eigenvalue weighted by Gasteiger charge is 2.40. The van der Waals surface area contributed by atoms with Gasteiger partial charge in [-0.1, -0.05) is 132 Å². The highest BCUT2D eigenvalue weighted by atomic mass is 16.5. The van der Waals surface area contributed by atoms with Gasteiger partial charge in [0, 0.05) is 47.3 Å². The summed E-state index contributed by atoms with van der Waals surface area (Å²) in [5.41, 5.74) is 13.7. The van der Waals surface area contributed by atoms with Gasteiger partial charge in [-0.3, -0.25) is 4.57 Å². The Hall–Kier alpha value is -7.06. The molecule has 65 heavy (non-hydrogen) atoms. The van der Waals surface area contributed by atoms with Gasteiger partial charge in [-0.05, 0) is 107 Å². The van der Waals surface area contributed by atoms with Crippen LogP contribution in [0.5, 0.6) is 11.5 Å². The Morgan fingerprint density at radius 3 is 1.83 bits per heavy atom. The molecule has 0 N–H and O–H groups in total. The second-order valence-electron chi connectivity index (χ2n) is 21.7. The van der Waals surface area contributed by atoms with E-state index >= 15 is 0 Å². The Morgan fingerprint density at radius 1 is 0.538 bits per heavy atom. The number of fused-ring (bicyclic) bond motifs is 4. The van der Waals surface area contributed by atoms with Gasteiger partial charge in [0.2, 0.25) is 11.4 Å². The van der Waals surface area contributed by atoms with Gasteiger partial charge in [-0.25, -0.2) is 4.98 Å². The molecule has 0 unspecified atom stereocenters. The first kappa shape index (κ1) is 43.2. The molecule has 6 aromatic carbocycles. The number of nitriles is 1. The molecule has 0 aliphatic carbocycles. The van der Waals surface area contributed by atoms with Crippen LogP contribution in [0.2, 0.25) is 0 Å². The SMILES string of the molecule is CC(C)(C)c1cccc(-c2cccc3c2[N+](c2cc(C(C)(C)C)cc(C(C)(C)C)c2)=C=[N+]3c2cccc(Oc3ccc4c5ccc(C#N)cc5n(-c5cc(C(C)(C)C)ccn5)c4c3)c2)c1. The van der Waals surface area contributed by atoms with Gasteiger partial charge >= 0.3 is 11.7 Å². The van der Waals surface area contributed by atoms with Crippen LogP contribution in [-0.4, -0.2) is 15.6 Å². The van der Waals surface area contributed by atoms with Crippen molar-refractivity contribution < 1.29 is 4.74 Å². The summed E-state index contributed by atoms with van der Waals surface area (Å²) in [7, 11) is 0. The van der Waals surface area contributed by atoms with Gasteiger partial charge in [0.1, 0.15) is 17.3 Å². The molecule has 0 atom stereocenters. The fourth-order valence-corrected chi connectivity index (χ4v) is 8.73. The normalized spacial score (nSPS) is 13.2. The van der Waals surface area contributed by atoms with Crippen molar-refractivity contribution in [1.29, 1.82) is 5.26 Å². The van der Waals surface area contributed by atoms with Crippen molar-refractivity contribution in [1.82, 2.24) is 18.7 Å². The van der Waals surface area contributed by atoms with Gasteiger partial charge in [-0.2, -0.15) is 5.26 Å². The van der Waals surface area contributed by atoms with Gasteiger partial charge in [0.25, 0.3) is 5.69 Å². The van der Waals surface area contributed by atoms with Crippen LogP contribution in [0, 0.1) is 11.3 Å². The molecule has 2 aromatic heterocycles. The number of benzene rings is 6. The maximum Gasteiger partial charge on any atom is 0.503 e. The lowest BCUT2D eigenvalue weighted by Crippen LogP contribution is -2.17. The van der Waals surface area contributed by atoms with Crippen molar-refractivity contribution >= 4 is 50.6 Å². The number of para-hydroxylation sites is 1. The first-order valence-corrected chi connectivity index (χ1v) is 22.7. The average molecular weight is 854 g/mol. The third kappa shape index (κ3) is 8.18. The average Bonchev–Trinajstić information content (AvgIpc) is 3.81. The minimum atomic E-state index is -0.0694. The lowest BCUT2D eigenvalue weighted by Gasteiger charge is -2.24. The monoisotopic (exact) mass is 853 g/mol. The van der Waals surface area contributed by atoms with Gasteiger partial charge in [0.05, 0.1) is 34.3 Å². The summed E-state index contributed by atoms with van der Waals surface area (Å²) in [6, 6.07) is 53.3. The first-order valence-electron chi connectivity index (χ1n) is 22.7. The maximum atomic E-state index is 9.90. The van der Waals surface area contributed by atoms with Crippen molar-refractivity contribution in [3.8, 4) is 34.5 Å². The number of pyridine rings is 1. The van der Waals surface area contributed by atoms with E-state index in [2.05, 4.69) is 206 Å². The Balaban J connectivity index is 1.20. The molecule has 0 radical (unpaired) electrons. The van der Waals surface area contributed by atoms with E-state index in [1.54, 1.807) is 0 Å². The van der Waals surface area contributed by atoms with E-state index in [1.807, 2.05) is 42.6 Å². The van der Waals surface area contributed by atoms with Crippen molar-refractivity contribution in [2.24, 2.45) is 0 Å². The molecule has 0 fully saturated rings. The molecule has 6 nitrogen and oxygen atoms in total. The molecule has 0 amide bonds. The molecule has 8 aromatic rings. The molecule has 9 rings (SSSR count). The Kier molecular flexibility index (Phi) is 10.4. The third-order valence-corrected chi connectivity index (χ3v) is 12.6. The molecule has 3 heterocycles. The van der Waals surface area contributed by atoms with Crippen LogP contribution in [0.3, 0.4) is 0 Å². The minimum absolute atomic E-state index is 0.00271. The predicted molar refractivity (Wildman–Crippen MR) is 271 cm³/mol. The van der Waals surface area contributed by atoms with Gasteiger partial charge < -0.3 is 4.74 Å². The highest BCUT2D eigenvalue weighted by Crippen LogP contribution is 2.46. The van der Waals surface area contributed by atoms with E-state index in [1.165, 1.54) is 27.8 Å². The lowest BCUT2D eigenvalue weighted by atomic mass is 9.80.